The van der Waals surface area contributed by atoms with Crippen LogP contribution >= 0.6 is 0 Å². The monoisotopic (exact) mass is 603 g/mol. The van der Waals surface area contributed by atoms with Gasteiger partial charge in [0.15, 0.2) is 0 Å². The van der Waals surface area contributed by atoms with E-state index in [1.807, 2.05) is 18.2 Å². The van der Waals surface area contributed by atoms with Gasteiger partial charge in [-0.1, -0.05) is 116 Å². The van der Waals surface area contributed by atoms with Crippen LogP contribution in [0.2, 0.25) is 0 Å². The molecular formula is C41H51N2O2+. The molecule has 4 rings (SSSR count). The van der Waals surface area contributed by atoms with E-state index in [9.17, 15) is 0 Å². The topological polar surface area (TPSA) is 21.7 Å². The Morgan fingerprint density at radius 3 is 1.53 bits per heavy atom. The second kappa shape index (κ2) is 17.4. The molecular weight excluding hydrogens is 552 g/mol. The number of quaternary nitrogens is 1. The number of hydrogen-bond donors (Lipinski definition) is 0. The molecule has 4 aromatic carbocycles. The summed E-state index contributed by atoms with van der Waals surface area (Å²) in [5.41, 5.74) is 6.92. The van der Waals surface area contributed by atoms with E-state index < -0.39 is 0 Å². The van der Waals surface area contributed by atoms with Gasteiger partial charge in [-0.3, -0.25) is 0 Å². The maximum atomic E-state index is 6.16. The van der Waals surface area contributed by atoms with Crippen LogP contribution in [0.3, 0.4) is 0 Å². The van der Waals surface area contributed by atoms with Gasteiger partial charge in [-0.05, 0) is 61.3 Å². The number of benzene rings is 4. The first-order valence-corrected chi connectivity index (χ1v) is 16.4. The van der Waals surface area contributed by atoms with E-state index in [1.165, 1.54) is 11.1 Å². The third-order valence-corrected chi connectivity index (χ3v) is 8.41. The Morgan fingerprint density at radius 1 is 0.600 bits per heavy atom. The van der Waals surface area contributed by atoms with E-state index in [1.54, 1.807) is 0 Å². The molecule has 0 amide bonds. The molecule has 0 bridgehead atoms. The number of para-hydroxylation sites is 2. The second-order valence-corrected chi connectivity index (χ2v) is 12.3. The summed E-state index contributed by atoms with van der Waals surface area (Å²) in [7, 11) is 6.67. The van der Waals surface area contributed by atoms with Crippen LogP contribution < -0.4 is 9.47 Å². The summed E-state index contributed by atoms with van der Waals surface area (Å²) in [5, 5.41) is 0. The molecule has 0 saturated heterocycles. The highest BCUT2D eigenvalue weighted by molar-refractivity contribution is 5.76. The van der Waals surface area contributed by atoms with E-state index in [2.05, 4.69) is 143 Å². The van der Waals surface area contributed by atoms with Gasteiger partial charge in [0.25, 0.3) is 0 Å². The minimum atomic E-state index is 0.720. The van der Waals surface area contributed by atoms with E-state index in [0.29, 0.717) is 0 Å². The second-order valence-electron chi connectivity index (χ2n) is 12.3. The van der Waals surface area contributed by atoms with Crippen LogP contribution in [0.5, 0.6) is 11.5 Å². The van der Waals surface area contributed by atoms with Crippen molar-refractivity contribution in [3.8, 4) is 22.6 Å². The molecule has 0 heterocycles. The van der Waals surface area contributed by atoms with Crippen molar-refractivity contribution in [1.29, 1.82) is 0 Å². The average Bonchev–Trinajstić information content (AvgIpc) is 3.08. The first-order chi connectivity index (χ1) is 21.9. The van der Waals surface area contributed by atoms with Gasteiger partial charge in [-0.2, -0.15) is 0 Å². The molecule has 4 heteroatoms. The van der Waals surface area contributed by atoms with Crippen molar-refractivity contribution < 1.29 is 14.0 Å². The first-order valence-electron chi connectivity index (χ1n) is 16.4. The Bertz CT molecular complexity index is 1500. The summed E-state index contributed by atoms with van der Waals surface area (Å²) in [6.45, 7) is 10.2. The lowest BCUT2D eigenvalue weighted by atomic mass is 10.0. The lowest BCUT2D eigenvalue weighted by molar-refractivity contribution is -0.888. The summed E-state index contributed by atoms with van der Waals surface area (Å²) in [6, 6.07) is 33.9. The zero-order chi connectivity index (χ0) is 31.9. The van der Waals surface area contributed by atoms with Crippen LogP contribution in [0.15, 0.2) is 97.1 Å². The third kappa shape index (κ3) is 11.1. The fourth-order valence-corrected chi connectivity index (χ4v) is 4.95. The highest BCUT2D eigenvalue weighted by atomic mass is 16.5. The molecule has 0 spiro atoms. The molecule has 45 heavy (non-hydrogen) atoms. The van der Waals surface area contributed by atoms with Crippen LogP contribution in [-0.2, 0) is 0 Å². The van der Waals surface area contributed by atoms with E-state index >= 15 is 0 Å². The Kier molecular flexibility index (Phi) is 13.0. The van der Waals surface area contributed by atoms with Crippen molar-refractivity contribution in [3.05, 3.63) is 119 Å². The summed E-state index contributed by atoms with van der Waals surface area (Å²) in [4.78, 5) is 2.30. The molecule has 0 aliphatic carbocycles. The first kappa shape index (κ1) is 33.8. The van der Waals surface area contributed by atoms with Crippen LogP contribution in [0.25, 0.3) is 35.4 Å². The van der Waals surface area contributed by atoms with Crippen molar-refractivity contribution in [2.75, 3.05) is 60.5 Å². The molecule has 236 valence electrons. The summed E-state index contributed by atoms with van der Waals surface area (Å²) in [6.07, 6.45) is 10.6. The molecule has 0 unspecified atom stereocenters. The predicted octanol–water partition coefficient (Wildman–Crippen LogP) is 9.28. The lowest BCUT2D eigenvalue weighted by Crippen LogP contribution is -2.40. The van der Waals surface area contributed by atoms with Crippen molar-refractivity contribution in [2.45, 2.75) is 26.7 Å². The Hall–Kier alpha value is -4.12. The van der Waals surface area contributed by atoms with E-state index in [-0.39, 0.29) is 0 Å². The average molecular weight is 604 g/mol. The van der Waals surface area contributed by atoms with E-state index in [4.69, 9.17) is 9.47 Å². The zero-order valence-corrected chi connectivity index (χ0v) is 27.9. The quantitative estimate of drug-likeness (QED) is 0.0682. The molecule has 0 aliphatic heterocycles. The molecule has 0 aliphatic rings. The fourth-order valence-electron chi connectivity index (χ4n) is 4.95. The largest absolute Gasteiger partial charge is 0.493 e. The normalized spacial score (nSPS) is 12.0. The Morgan fingerprint density at radius 2 is 1.07 bits per heavy atom. The van der Waals surface area contributed by atoms with E-state index in [0.717, 1.165) is 90.5 Å². The Balaban J connectivity index is 1.32. The van der Waals surface area contributed by atoms with Crippen molar-refractivity contribution in [2.24, 2.45) is 0 Å². The minimum Gasteiger partial charge on any atom is -0.493 e. The molecule has 4 nitrogen and oxygen atoms in total. The highest BCUT2D eigenvalue weighted by Crippen LogP contribution is 2.25. The maximum absolute atomic E-state index is 6.16. The standard InChI is InChI=1S/C41H51N2O2/c1-6-42(3)30-12-32-44-40-16-10-8-14-38(40)28-22-34-18-24-36(25-19-34)37-26-20-35(21-27-37)23-29-39-15-9-11-17-41(39)45-33-13-31-43(4,5)7-2/h8-11,14-29H,6-7,12-13,30-33H2,1-5H3/q+1/b28-22+,29-23+. The summed E-state index contributed by atoms with van der Waals surface area (Å²) < 4.78 is 13.3. The SMILES string of the molecule is CCN(C)CCCOc1ccccc1/C=C/c1ccc(-c2ccc(/C=C/c3ccccc3OCCC[N+](C)(C)CC)cc2)cc1. The zero-order valence-electron chi connectivity index (χ0n) is 27.9. The van der Waals surface area contributed by atoms with Crippen LogP contribution in [0, 0.1) is 0 Å². The van der Waals surface area contributed by atoms with Crippen LogP contribution in [-0.4, -0.2) is 69.9 Å². The number of ether oxygens (including phenoxy) is 2. The smallest absolute Gasteiger partial charge is 0.126 e. The molecule has 0 N–H and O–H groups in total. The molecule has 0 saturated carbocycles. The van der Waals surface area contributed by atoms with Gasteiger partial charge in [-0.15, -0.1) is 0 Å². The van der Waals surface area contributed by atoms with Gasteiger partial charge < -0.3 is 18.9 Å². The molecule has 0 aromatic heterocycles. The lowest BCUT2D eigenvalue weighted by Gasteiger charge is -2.28. The van der Waals surface area contributed by atoms with Crippen LogP contribution in [0.1, 0.15) is 48.9 Å². The molecule has 0 radical (unpaired) electrons. The van der Waals surface area contributed by atoms with Gasteiger partial charge in [0.2, 0.25) is 0 Å². The fraction of sp³-hybridized carbons (Fsp3) is 0.317. The Labute approximate surface area is 271 Å². The van der Waals surface area contributed by atoms with Crippen LogP contribution in [0.4, 0.5) is 0 Å². The van der Waals surface area contributed by atoms with Crippen molar-refractivity contribution in [1.82, 2.24) is 4.90 Å². The number of hydrogen-bond acceptors (Lipinski definition) is 3. The summed E-state index contributed by atoms with van der Waals surface area (Å²) >= 11 is 0. The molecule has 4 aromatic rings. The van der Waals surface area contributed by atoms with Crippen molar-refractivity contribution in [3.63, 3.8) is 0 Å². The summed E-state index contributed by atoms with van der Waals surface area (Å²) in [5.74, 6) is 1.87. The third-order valence-electron chi connectivity index (χ3n) is 8.41. The minimum absolute atomic E-state index is 0.720. The van der Waals surface area contributed by atoms with Gasteiger partial charge in [0.1, 0.15) is 11.5 Å². The van der Waals surface area contributed by atoms with Gasteiger partial charge >= 0.3 is 0 Å². The van der Waals surface area contributed by atoms with Gasteiger partial charge in [0, 0.05) is 24.1 Å². The number of rotatable bonds is 17. The van der Waals surface area contributed by atoms with Gasteiger partial charge in [0.05, 0.1) is 40.4 Å². The predicted molar refractivity (Wildman–Crippen MR) is 194 cm³/mol. The molecule has 0 fully saturated rings. The van der Waals surface area contributed by atoms with Crippen molar-refractivity contribution >= 4 is 24.3 Å². The maximum Gasteiger partial charge on any atom is 0.126 e. The highest BCUT2D eigenvalue weighted by Gasteiger charge is 2.11. The number of nitrogens with zero attached hydrogens (tertiary/aromatic N) is 2. The molecule has 0 atom stereocenters. The van der Waals surface area contributed by atoms with Gasteiger partial charge in [-0.25, -0.2) is 0 Å².